The number of amides is 2. The van der Waals surface area contributed by atoms with Crippen LogP contribution in [0, 0.1) is 6.92 Å². The summed E-state index contributed by atoms with van der Waals surface area (Å²) < 4.78 is 1.98. The highest BCUT2D eigenvalue weighted by Gasteiger charge is 2.08. The largest absolute Gasteiger partial charge is 0.323 e. The van der Waals surface area contributed by atoms with Crippen molar-refractivity contribution in [1.29, 1.82) is 0 Å². The number of fused-ring (bicyclic) bond motifs is 1. The van der Waals surface area contributed by atoms with Crippen LogP contribution in [0.25, 0.3) is 16.2 Å². The second-order valence-corrected chi connectivity index (χ2v) is 7.12. The zero-order valence-electron chi connectivity index (χ0n) is 13.9. The average Bonchev–Trinajstić information content (AvgIpc) is 3.20. The zero-order valence-corrected chi connectivity index (χ0v) is 15.4. The van der Waals surface area contributed by atoms with E-state index in [1.54, 1.807) is 17.4 Å². The number of hydrogen-bond acceptors (Lipinski definition) is 3. The number of urea groups is 1. The first-order chi connectivity index (χ1) is 12.6. The highest BCUT2D eigenvalue weighted by molar-refractivity contribution is 7.15. The van der Waals surface area contributed by atoms with E-state index in [0.717, 1.165) is 21.8 Å². The number of carbonyl (C=O) groups is 1. The molecule has 2 aromatic heterocycles. The van der Waals surface area contributed by atoms with E-state index in [0.29, 0.717) is 16.4 Å². The maximum atomic E-state index is 12.2. The Kier molecular flexibility index (Phi) is 4.36. The average molecular weight is 383 g/mol. The quantitative estimate of drug-likeness (QED) is 0.479. The number of aromatic nitrogens is 2. The maximum absolute atomic E-state index is 12.2. The highest BCUT2D eigenvalue weighted by Crippen LogP contribution is 2.24. The summed E-state index contributed by atoms with van der Waals surface area (Å²) in [4.78, 5) is 17.8. The number of halogens is 1. The monoisotopic (exact) mass is 382 g/mol. The minimum Gasteiger partial charge on any atom is -0.308 e. The topological polar surface area (TPSA) is 58.4 Å². The minimum absolute atomic E-state index is 0.326. The molecular weight excluding hydrogens is 368 g/mol. The van der Waals surface area contributed by atoms with Crippen LogP contribution in [0.15, 0.2) is 60.2 Å². The van der Waals surface area contributed by atoms with Crippen LogP contribution in [-0.2, 0) is 0 Å². The summed E-state index contributed by atoms with van der Waals surface area (Å²) in [5.74, 6) is 0. The van der Waals surface area contributed by atoms with Crippen LogP contribution in [0.3, 0.4) is 0 Å². The van der Waals surface area contributed by atoms with Crippen molar-refractivity contribution in [1.82, 2.24) is 9.38 Å². The molecule has 0 fully saturated rings. The minimum atomic E-state index is -0.326. The molecule has 0 bridgehead atoms. The molecule has 0 saturated carbocycles. The van der Waals surface area contributed by atoms with Crippen molar-refractivity contribution in [2.75, 3.05) is 10.6 Å². The normalized spacial score (nSPS) is 10.8. The summed E-state index contributed by atoms with van der Waals surface area (Å²) in [6.45, 7) is 1.91. The molecular formula is C19H15ClN4OS. The van der Waals surface area contributed by atoms with Gasteiger partial charge in [0.1, 0.15) is 0 Å². The third-order valence-electron chi connectivity index (χ3n) is 3.94. The summed E-state index contributed by atoms with van der Waals surface area (Å²) in [6.07, 6.45) is 3.94. The number of benzene rings is 2. The van der Waals surface area contributed by atoms with E-state index in [1.165, 1.54) is 0 Å². The van der Waals surface area contributed by atoms with Gasteiger partial charge >= 0.3 is 6.03 Å². The Morgan fingerprint density at radius 1 is 1.15 bits per heavy atom. The van der Waals surface area contributed by atoms with E-state index in [2.05, 4.69) is 15.6 Å². The van der Waals surface area contributed by atoms with Gasteiger partial charge in [-0.3, -0.25) is 4.40 Å². The summed E-state index contributed by atoms with van der Waals surface area (Å²) in [5, 5.41) is 8.23. The molecule has 0 saturated heterocycles. The lowest BCUT2D eigenvalue weighted by molar-refractivity contribution is 0.262. The number of nitrogens with one attached hydrogen (secondary N) is 2. The first-order valence-electron chi connectivity index (χ1n) is 7.95. The standard InChI is InChI=1S/C19H15ClN4OS/c1-12-5-6-15(10-16(12)20)22-18(25)21-14-4-2-3-13(9-14)17-11-24-7-8-26-19(24)23-17/h2-11H,1H3,(H2,21,22,25). The summed E-state index contributed by atoms with van der Waals surface area (Å²) in [5.41, 5.74) is 4.10. The van der Waals surface area contributed by atoms with Crippen molar-refractivity contribution in [2.45, 2.75) is 6.92 Å². The molecule has 0 spiro atoms. The summed E-state index contributed by atoms with van der Waals surface area (Å²) in [7, 11) is 0. The lowest BCUT2D eigenvalue weighted by Gasteiger charge is -2.09. The third kappa shape index (κ3) is 3.42. The van der Waals surface area contributed by atoms with Crippen LogP contribution < -0.4 is 10.6 Å². The summed E-state index contributed by atoms with van der Waals surface area (Å²) in [6, 6.07) is 12.7. The van der Waals surface area contributed by atoms with Gasteiger partial charge in [-0.05, 0) is 36.8 Å². The smallest absolute Gasteiger partial charge is 0.308 e. The van der Waals surface area contributed by atoms with Crippen LogP contribution >= 0.6 is 22.9 Å². The predicted molar refractivity (Wildman–Crippen MR) is 107 cm³/mol. The predicted octanol–water partition coefficient (Wildman–Crippen LogP) is 5.67. The van der Waals surface area contributed by atoms with Crippen molar-refractivity contribution in [3.8, 4) is 11.3 Å². The fraction of sp³-hybridized carbons (Fsp3) is 0.0526. The second-order valence-electron chi connectivity index (χ2n) is 5.84. The van der Waals surface area contributed by atoms with Crippen molar-refractivity contribution < 1.29 is 4.79 Å². The number of carbonyl (C=O) groups excluding carboxylic acids is 1. The Hall–Kier alpha value is -2.83. The number of thiazole rings is 1. The fourth-order valence-electron chi connectivity index (χ4n) is 2.59. The van der Waals surface area contributed by atoms with Gasteiger partial charge in [0.25, 0.3) is 0 Å². The molecule has 2 heterocycles. The Bertz CT molecular complexity index is 1070. The van der Waals surface area contributed by atoms with Crippen LogP contribution in [0.1, 0.15) is 5.56 Å². The zero-order chi connectivity index (χ0) is 18.1. The summed E-state index contributed by atoms with van der Waals surface area (Å²) >= 11 is 7.67. The molecule has 0 aliphatic rings. The molecule has 7 heteroatoms. The lowest BCUT2D eigenvalue weighted by atomic mass is 10.1. The number of hydrogen-bond donors (Lipinski definition) is 2. The molecule has 0 unspecified atom stereocenters. The molecule has 0 atom stereocenters. The lowest BCUT2D eigenvalue weighted by Crippen LogP contribution is -2.19. The first kappa shape index (κ1) is 16.6. The molecule has 0 aliphatic carbocycles. The third-order valence-corrected chi connectivity index (χ3v) is 5.12. The SMILES string of the molecule is Cc1ccc(NC(=O)Nc2cccc(-c3cn4ccsc4n3)c2)cc1Cl. The van der Waals surface area contributed by atoms with Crippen LogP contribution in [0.2, 0.25) is 5.02 Å². The molecule has 2 aromatic carbocycles. The number of nitrogens with zero attached hydrogens (tertiary/aromatic N) is 2. The molecule has 4 rings (SSSR count). The van der Waals surface area contributed by atoms with Gasteiger partial charge in [-0.25, -0.2) is 9.78 Å². The van der Waals surface area contributed by atoms with E-state index < -0.39 is 0 Å². The van der Waals surface area contributed by atoms with Crippen molar-refractivity contribution in [2.24, 2.45) is 0 Å². The number of rotatable bonds is 3. The Balaban J connectivity index is 1.50. The van der Waals surface area contributed by atoms with Gasteiger partial charge in [0.2, 0.25) is 0 Å². The molecule has 130 valence electrons. The van der Waals surface area contributed by atoms with E-state index in [-0.39, 0.29) is 6.03 Å². The van der Waals surface area contributed by atoms with E-state index >= 15 is 0 Å². The first-order valence-corrected chi connectivity index (χ1v) is 9.21. The maximum Gasteiger partial charge on any atom is 0.323 e. The van der Waals surface area contributed by atoms with Gasteiger partial charge in [-0.2, -0.15) is 0 Å². The van der Waals surface area contributed by atoms with Crippen LogP contribution in [0.4, 0.5) is 16.2 Å². The molecule has 26 heavy (non-hydrogen) atoms. The number of aryl methyl sites for hydroxylation is 1. The van der Waals surface area contributed by atoms with Crippen molar-refractivity contribution >= 4 is 45.3 Å². The molecule has 2 N–H and O–H groups in total. The highest BCUT2D eigenvalue weighted by atomic mass is 35.5. The fourth-order valence-corrected chi connectivity index (χ4v) is 3.47. The molecule has 0 radical (unpaired) electrons. The van der Waals surface area contributed by atoms with Crippen molar-refractivity contribution in [3.05, 3.63) is 70.8 Å². The molecule has 4 aromatic rings. The van der Waals surface area contributed by atoms with E-state index in [1.807, 2.05) is 65.5 Å². The Morgan fingerprint density at radius 2 is 1.96 bits per heavy atom. The number of anilines is 2. The van der Waals surface area contributed by atoms with Crippen LogP contribution in [0.5, 0.6) is 0 Å². The van der Waals surface area contributed by atoms with Gasteiger partial charge < -0.3 is 10.6 Å². The van der Waals surface area contributed by atoms with Crippen molar-refractivity contribution in [3.63, 3.8) is 0 Å². The molecule has 2 amide bonds. The van der Waals surface area contributed by atoms with Gasteiger partial charge in [-0.15, -0.1) is 11.3 Å². The molecule has 5 nitrogen and oxygen atoms in total. The Morgan fingerprint density at radius 3 is 2.73 bits per heavy atom. The van der Waals surface area contributed by atoms with E-state index in [4.69, 9.17) is 11.6 Å². The van der Waals surface area contributed by atoms with Gasteiger partial charge in [0, 0.05) is 39.7 Å². The van der Waals surface area contributed by atoms with Gasteiger partial charge in [0.15, 0.2) is 4.96 Å². The Labute approximate surface area is 159 Å². The van der Waals surface area contributed by atoms with E-state index in [9.17, 15) is 4.79 Å². The van der Waals surface area contributed by atoms with Gasteiger partial charge in [-0.1, -0.05) is 29.8 Å². The number of imidazole rings is 1. The second kappa shape index (κ2) is 6.82. The molecule has 0 aliphatic heterocycles. The van der Waals surface area contributed by atoms with Crippen LogP contribution in [-0.4, -0.2) is 15.4 Å². The van der Waals surface area contributed by atoms with Gasteiger partial charge in [0.05, 0.1) is 5.69 Å².